The minimum Gasteiger partial charge on any atom is -0.325 e. The number of halogens is 1. The van der Waals surface area contributed by atoms with E-state index in [-0.39, 0.29) is 6.03 Å². The van der Waals surface area contributed by atoms with Gasteiger partial charge in [-0.1, -0.05) is 44.9 Å². The highest BCUT2D eigenvalue weighted by Gasteiger charge is 2.16. The van der Waals surface area contributed by atoms with Crippen LogP contribution in [0.25, 0.3) is 0 Å². The summed E-state index contributed by atoms with van der Waals surface area (Å²) in [7, 11) is 0. The molecule has 0 aromatic heterocycles. The number of urea groups is 1. The molecule has 1 aromatic carbocycles. The van der Waals surface area contributed by atoms with E-state index in [4.69, 9.17) is 11.6 Å². The average Bonchev–Trinajstić information content (AvgIpc) is 2.48. The van der Waals surface area contributed by atoms with Crippen molar-refractivity contribution in [3.8, 4) is 0 Å². The van der Waals surface area contributed by atoms with E-state index in [1.54, 1.807) is 0 Å². The molecule has 0 fully saturated rings. The number of anilines is 1. The monoisotopic (exact) mass is 310 g/mol. The van der Waals surface area contributed by atoms with E-state index < -0.39 is 0 Å². The van der Waals surface area contributed by atoms with E-state index in [2.05, 4.69) is 26.1 Å². The number of nitrogens with zero attached hydrogens (tertiary/aromatic N) is 1. The molecule has 0 aliphatic heterocycles. The molecule has 0 unspecified atom stereocenters. The molecule has 0 aliphatic carbocycles. The summed E-state index contributed by atoms with van der Waals surface area (Å²) >= 11 is 6.27. The van der Waals surface area contributed by atoms with Crippen molar-refractivity contribution in [1.82, 2.24) is 4.90 Å². The van der Waals surface area contributed by atoms with Gasteiger partial charge >= 0.3 is 6.03 Å². The van der Waals surface area contributed by atoms with E-state index in [0.717, 1.165) is 60.6 Å². The Balaban J connectivity index is 2.99. The second-order valence-electron chi connectivity index (χ2n) is 5.13. The van der Waals surface area contributed by atoms with Gasteiger partial charge in [-0.25, -0.2) is 4.79 Å². The van der Waals surface area contributed by atoms with Crippen LogP contribution in [0, 0.1) is 0 Å². The van der Waals surface area contributed by atoms with Crippen molar-refractivity contribution in [2.75, 3.05) is 18.4 Å². The molecule has 0 saturated heterocycles. The van der Waals surface area contributed by atoms with Gasteiger partial charge in [0.2, 0.25) is 0 Å². The van der Waals surface area contributed by atoms with Crippen molar-refractivity contribution in [2.24, 2.45) is 0 Å². The number of benzene rings is 1. The van der Waals surface area contributed by atoms with Crippen molar-refractivity contribution in [3.05, 3.63) is 28.3 Å². The lowest BCUT2D eigenvalue weighted by Crippen LogP contribution is -2.36. The van der Waals surface area contributed by atoms with Gasteiger partial charge in [0.05, 0.1) is 5.69 Å². The summed E-state index contributed by atoms with van der Waals surface area (Å²) in [5.41, 5.74) is 3.06. The van der Waals surface area contributed by atoms with Gasteiger partial charge in [0.25, 0.3) is 0 Å². The second-order valence-corrected chi connectivity index (χ2v) is 5.54. The van der Waals surface area contributed by atoms with Gasteiger partial charge in [0.1, 0.15) is 0 Å². The van der Waals surface area contributed by atoms with Crippen LogP contribution in [0.1, 0.15) is 51.7 Å². The first-order valence-electron chi connectivity index (χ1n) is 7.95. The zero-order valence-corrected chi connectivity index (χ0v) is 14.4. The Bertz CT molecular complexity index is 474. The van der Waals surface area contributed by atoms with Crippen LogP contribution >= 0.6 is 11.6 Å². The molecule has 0 heterocycles. The lowest BCUT2D eigenvalue weighted by Gasteiger charge is -2.23. The molecule has 21 heavy (non-hydrogen) atoms. The van der Waals surface area contributed by atoms with Crippen LogP contribution in [0.2, 0.25) is 5.02 Å². The Morgan fingerprint density at radius 1 is 1.19 bits per heavy atom. The summed E-state index contributed by atoms with van der Waals surface area (Å²) in [5.74, 6) is 0. The fourth-order valence-electron chi connectivity index (χ4n) is 2.41. The Kier molecular flexibility index (Phi) is 7.58. The summed E-state index contributed by atoms with van der Waals surface area (Å²) in [6, 6.07) is 3.89. The molecule has 1 rings (SSSR count). The van der Waals surface area contributed by atoms with Gasteiger partial charge in [-0.15, -0.1) is 0 Å². The summed E-state index contributed by atoms with van der Waals surface area (Å²) in [5, 5.41) is 3.81. The molecule has 0 aliphatic rings. The first-order valence-corrected chi connectivity index (χ1v) is 8.32. The van der Waals surface area contributed by atoms with Crippen LogP contribution in [-0.2, 0) is 12.8 Å². The molecule has 0 bridgehead atoms. The van der Waals surface area contributed by atoms with Gasteiger partial charge in [-0.3, -0.25) is 0 Å². The molecule has 118 valence electrons. The molecule has 4 heteroatoms. The van der Waals surface area contributed by atoms with Gasteiger partial charge in [-0.05, 0) is 43.4 Å². The third kappa shape index (κ3) is 4.63. The predicted molar refractivity (Wildman–Crippen MR) is 91.4 cm³/mol. The SMILES string of the molecule is CCCCN(CC)C(=O)Nc1c(CC)ccc(Cl)c1CC. The maximum atomic E-state index is 12.5. The number of unbranched alkanes of at least 4 members (excludes halogenated alkanes) is 1. The number of amides is 2. The molecule has 0 radical (unpaired) electrons. The quantitative estimate of drug-likeness (QED) is 0.745. The smallest absolute Gasteiger partial charge is 0.321 e. The third-order valence-electron chi connectivity index (χ3n) is 3.76. The van der Waals surface area contributed by atoms with Crippen LogP contribution in [0.3, 0.4) is 0 Å². The van der Waals surface area contributed by atoms with Crippen LogP contribution in [-0.4, -0.2) is 24.0 Å². The van der Waals surface area contributed by atoms with Crippen molar-refractivity contribution in [1.29, 1.82) is 0 Å². The second kappa shape index (κ2) is 8.93. The summed E-state index contributed by atoms with van der Waals surface area (Å²) < 4.78 is 0. The molecule has 3 nitrogen and oxygen atoms in total. The zero-order chi connectivity index (χ0) is 15.8. The van der Waals surface area contributed by atoms with Gasteiger partial charge < -0.3 is 10.2 Å². The van der Waals surface area contributed by atoms with E-state index in [9.17, 15) is 4.79 Å². The van der Waals surface area contributed by atoms with Crippen molar-refractivity contribution < 1.29 is 4.79 Å². The number of carbonyl (C=O) groups excluding carboxylic acids is 1. The highest BCUT2D eigenvalue weighted by atomic mass is 35.5. The number of hydrogen-bond acceptors (Lipinski definition) is 1. The zero-order valence-electron chi connectivity index (χ0n) is 13.6. The van der Waals surface area contributed by atoms with E-state index in [1.807, 2.05) is 24.0 Å². The Morgan fingerprint density at radius 3 is 2.43 bits per heavy atom. The van der Waals surface area contributed by atoms with Crippen molar-refractivity contribution in [2.45, 2.75) is 53.4 Å². The number of aryl methyl sites for hydroxylation is 1. The van der Waals surface area contributed by atoms with Crippen LogP contribution in [0.5, 0.6) is 0 Å². The van der Waals surface area contributed by atoms with Crippen LogP contribution in [0.4, 0.5) is 10.5 Å². The highest BCUT2D eigenvalue weighted by Crippen LogP contribution is 2.29. The van der Waals surface area contributed by atoms with E-state index in [1.165, 1.54) is 0 Å². The minimum absolute atomic E-state index is 0.0300. The summed E-state index contributed by atoms with van der Waals surface area (Å²) in [6.45, 7) is 9.80. The number of carbonyl (C=O) groups is 1. The molecule has 0 atom stereocenters. The Morgan fingerprint density at radius 2 is 1.90 bits per heavy atom. The maximum absolute atomic E-state index is 12.5. The van der Waals surface area contributed by atoms with Gasteiger partial charge in [-0.2, -0.15) is 0 Å². The number of nitrogens with one attached hydrogen (secondary N) is 1. The number of rotatable bonds is 7. The normalized spacial score (nSPS) is 10.5. The minimum atomic E-state index is -0.0300. The molecular weight excluding hydrogens is 284 g/mol. The average molecular weight is 311 g/mol. The largest absolute Gasteiger partial charge is 0.325 e. The molecule has 1 N–H and O–H groups in total. The summed E-state index contributed by atoms with van der Waals surface area (Å²) in [4.78, 5) is 14.3. The van der Waals surface area contributed by atoms with Crippen molar-refractivity contribution in [3.63, 3.8) is 0 Å². The lowest BCUT2D eigenvalue weighted by atomic mass is 10.0. The predicted octanol–water partition coefficient (Wildman–Crippen LogP) is 5.12. The van der Waals surface area contributed by atoms with Crippen LogP contribution in [0.15, 0.2) is 12.1 Å². The molecule has 1 aromatic rings. The number of hydrogen-bond donors (Lipinski definition) is 1. The standard InChI is InChI=1S/C17H27ClN2O/c1-5-9-12-20(8-4)17(21)19-16-13(6-2)10-11-15(18)14(16)7-3/h10-11H,5-9,12H2,1-4H3,(H,19,21). The lowest BCUT2D eigenvalue weighted by molar-refractivity contribution is 0.213. The van der Waals surface area contributed by atoms with Crippen LogP contribution < -0.4 is 5.32 Å². The third-order valence-corrected chi connectivity index (χ3v) is 4.11. The van der Waals surface area contributed by atoms with Gasteiger partial charge in [0.15, 0.2) is 0 Å². The summed E-state index contributed by atoms with van der Waals surface area (Å²) in [6.07, 6.45) is 3.80. The maximum Gasteiger partial charge on any atom is 0.321 e. The van der Waals surface area contributed by atoms with Gasteiger partial charge in [0, 0.05) is 18.1 Å². The van der Waals surface area contributed by atoms with Crippen molar-refractivity contribution >= 4 is 23.3 Å². The molecule has 2 amide bonds. The first kappa shape index (κ1) is 17.8. The topological polar surface area (TPSA) is 32.3 Å². The fraction of sp³-hybridized carbons (Fsp3) is 0.588. The molecule has 0 spiro atoms. The van der Waals surface area contributed by atoms with E-state index >= 15 is 0 Å². The van der Waals surface area contributed by atoms with E-state index in [0.29, 0.717) is 0 Å². The Labute approximate surface area is 133 Å². The highest BCUT2D eigenvalue weighted by molar-refractivity contribution is 6.31. The fourth-order valence-corrected chi connectivity index (χ4v) is 2.70. The Hall–Kier alpha value is -1.22. The molecular formula is C17H27ClN2O. The first-order chi connectivity index (χ1) is 10.1. The molecule has 0 saturated carbocycles.